The predicted molar refractivity (Wildman–Crippen MR) is 120 cm³/mol. The molecule has 32 heavy (non-hydrogen) atoms. The van der Waals surface area contributed by atoms with Gasteiger partial charge in [0.05, 0.1) is 13.7 Å². The fourth-order valence-electron chi connectivity index (χ4n) is 3.97. The molecule has 3 aromatic rings. The lowest BCUT2D eigenvalue weighted by Gasteiger charge is -2.30. The van der Waals surface area contributed by atoms with Crippen molar-refractivity contribution in [3.8, 4) is 5.75 Å². The summed E-state index contributed by atoms with van der Waals surface area (Å²) in [5, 5.41) is 3.84. The van der Waals surface area contributed by atoms with Gasteiger partial charge in [0.25, 0.3) is 5.56 Å². The van der Waals surface area contributed by atoms with Crippen LogP contribution in [0.15, 0.2) is 29.3 Å². The monoisotopic (exact) mass is 457 g/mol. The molecule has 0 radical (unpaired) electrons. The Morgan fingerprint density at radius 3 is 2.75 bits per heavy atom. The lowest BCUT2D eigenvalue weighted by atomic mass is 9.96. The Morgan fingerprint density at radius 1 is 1.28 bits per heavy atom. The largest absolute Gasteiger partial charge is 0.494 e. The Balaban J connectivity index is 1.30. The van der Waals surface area contributed by atoms with Crippen LogP contribution in [0.4, 0.5) is 9.52 Å². The zero-order valence-electron chi connectivity index (χ0n) is 17.7. The number of rotatable bonds is 6. The molecule has 168 valence electrons. The molecule has 0 spiro atoms. The molecule has 1 saturated carbocycles. The van der Waals surface area contributed by atoms with E-state index in [0.29, 0.717) is 22.0 Å². The van der Waals surface area contributed by atoms with Crippen molar-refractivity contribution in [1.82, 2.24) is 19.9 Å². The average molecular weight is 458 g/mol. The molecule has 1 amide bonds. The minimum Gasteiger partial charge on any atom is -0.494 e. The number of carbonyl (C=O) groups is 1. The number of methoxy groups -OCH3 is 1. The first kappa shape index (κ1) is 20.9. The minimum atomic E-state index is -0.471. The van der Waals surface area contributed by atoms with Gasteiger partial charge in [-0.05, 0) is 43.4 Å². The van der Waals surface area contributed by atoms with Gasteiger partial charge in [-0.2, -0.15) is 4.98 Å². The van der Waals surface area contributed by atoms with Crippen LogP contribution in [-0.2, 0) is 11.3 Å². The summed E-state index contributed by atoms with van der Waals surface area (Å²) >= 11 is 1.32. The Kier molecular flexibility index (Phi) is 5.54. The minimum absolute atomic E-state index is 0.0430. The molecule has 3 heterocycles. The predicted octanol–water partition coefficient (Wildman–Crippen LogP) is 2.54. The fraction of sp³-hybridized carbons (Fsp3) is 0.455. The van der Waals surface area contributed by atoms with Crippen LogP contribution in [0.3, 0.4) is 0 Å². The molecule has 2 aromatic heterocycles. The van der Waals surface area contributed by atoms with Crippen molar-refractivity contribution in [2.75, 3.05) is 25.1 Å². The number of anilines is 1. The van der Waals surface area contributed by atoms with Crippen LogP contribution in [0, 0.1) is 11.7 Å². The lowest BCUT2D eigenvalue weighted by Crippen LogP contribution is -2.41. The first-order valence-electron chi connectivity index (χ1n) is 10.8. The standard InChI is InChI=1S/C22H24FN5O3S/c1-31-17-5-2-13(10-16(17)23)11-28-12-24-19-18(21(28)30)32-22(26-19)27-8-6-14(7-9-27)20(29)25-15-3-4-15/h2,5,10,12,14-15H,3-4,6-9,11H2,1H3,(H,25,29). The van der Waals surface area contributed by atoms with Gasteiger partial charge in [0.15, 0.2) is 22.3 Å². The maximum atomic E-state index is 14.0. The molecule has 8 nitrogen and oxygen atoms in total. The number of benzene rings is 1. The van der Waals surface area contributed by atoms with Crippen LogP contribution in [0.5, 0.6) is 5.75 Å². The Morgan fingerprint density at radius 2 is 2.06 bits per heavy atom. The summed E-state index contributed by atoms with van der Waals surface area (Å²) in [4.78, 5) is 36.3. The van der Waals surface area contributed by atoms with E-state index in [1.807, 2.05) is 0 Å². The highest BCUT2D eigenvalue weighted by atomic mass is 32.1. The van der Waals surface area contributed by atoms with E-state index in [2.05, 4.69) is 20.2 Å². The SMILES string of the molecule is COc1ccc(Cn2cnc3nc(N4CCC(C(=O)NC5CC5)CC4)sc3c2=O)cc1F. The lowest BCUT2D eigenvalue weighted by molar-refractivity contribution is -0.125. The van der Waals surface area contributed by atoms with Crippen LogP contribution in [-0.4, -0.2) is 46.7 Å². The zero-order chi connectivity index (χ0) is 22.2. The van der Waals surface area contributed by atoms with Crippen LogP contribution >= 0.6 is 11.3 Å². The summed E-state index contributed by atoms with van der Waals surface area (Å²) in [6.07, 6.45) is 5.18. The summed E-state index contributed by atoms with van der Waals surface area (Å²) in [5.74, 6) is -0.102. The fourth-order valence-corrected chi connectivity index (χ4v) is 4.99. The van der Waals surface area contributed by atoms with E-state index in [1.54, 1.807) is 12.1 Å². The second-order valence-corrected chi connectivity index (χ2v) is 9.32. The van der Waals surface area contributed by atoms with Crippen molar-refractivity contribution in [2.45, 2.75) is 38.3 Å². The van der Waals surface area contributed by atoms with Gasteiger partial charge in [0.1, 0.15) is 11.0 Å². The molecule has 1 aliphatic heterocycles. The van der Waals surface area contributed by atoms with E-state index in [4.69, 9.17) is 4.74 Å². The molecular formula is C22H24FN5O3S. The first-order valence-corrected chi connectivity index (χ1v) is 11.6. The van der Waals surface area contributed by atoms with Gasteiger partial charge in [-0.1, -0.05) is 17.4 Å². The molecular weight excluding hydrogens is 433 g/mol. The Hall–Kier alpha value is -3.01. The highest BCUT2D eigenvalue weighted by Crippen LogP contribution is 2.30. The maximum Gasteiger partial charge on any atom is 0.273 e. The number of nitrogens with zero attached hydrogens (tertiary/aromatic N) is 4. The molecule has 2 fully saturated rings. The molecule has 10 heteroatoms. The number of piperidine rings is 1. The third-order valence-electron chi connectivity index (χ3n) is 6.00. The molecule has 1 aromatic carbocycles. The number of hydrogen-bond acceptors (Lipinski definition) is 7. The maximum absolute atomic E-state index is 14.0. The van der Waals surface area contributed by atoms with Crippen LogP contribution in [0.2, 0.25) is 0 Å². The van der Waals surface area contributed by atoms with Crippen molar-refractivity contribution in [2.24, 2.45) is 5.92 Å². The van der Waals surface area contributed by atoms with Crippen LogP contribution in [0.1, 0.15) is 31.2 Å². The number of ether oxygens (including phenoxy) is 1. The summed E-state index contributed by atoms with van der Waals surface area (Å²) in [5.41, 5.74) is 0.859. The number of amides is 1. The Labute approximate surface area is 188 Å². The molecule has 0 atom stereocenters. The zero-order valence-corrected chi connectivity index (χ0v) is 18.5. The number of nitrogens with one attached hydrogen (secondary N) is 1. The van der Waals surface area contributed by atoms with Gasteiger partial charge >= 0.3 is 0 Å². The van der Waals surface area contributed by atoms with Gasteiger partial charge in [0.2, 0.25) is 5.91 Å². The molecule has 0 unspecified atom stereocenters. The van der Waals surface area contributed by atoms with Crippen molar-refractivity contribution in [3.63, 3.8) is 0 Å². The van der Waals surface area contributed by atoms with Crippen molar-refractivity contribution in [3.05, 3.63) is 46.3 Å². The van der Waals surface area contributed by atoms with Crippen molar-refractivity contribution >= 4 is 32.7 Å². The van der Waals surface area contributed by atoms with E-state index in [1.165, 1.54) is 35.4 Å². The summed E-state index contributed by atoms with van der Waals surface area (Å²) in [7, 11) is 1.41. The second kappa shape index (κ2) is 8.50. The summed E-state index contributed by atoms with van der Waals surface area (Å²) in [6, 6.07) is 5.01. The number of fused-ring (bicyclic) bond motifs is 1. The number of hydrogen-bond donors (Lipinski definition) is 1. The van der Waals surface area contributed by atoms with Gasteiger partial charge in [-0.25, -0.2) is 9.37 Å². The van der Waals surface area contributed by atoms with Gasteiger partial charge in [-0.15, -0.1) is 0 Å². The average Bonchev–Trinajstić information content (AvgIpc) is 3.50. The van der Waals surface area contributed by atoms with E-state index >= 15 is 0 Å². The molecule has 2 aliphatic rings. The van der Waals surface area contributed by atoms with E-state index in [0.717, 1.165) is 43.9 Å². The first-order chi connectivity index (χ1) is 15.5. The highest BCUT2D eigenvalue weighted by Gasteiger charge is 2.30. The number of carbonyl (C=O) groups excluding carboxylic acids is 1. The molecule has 1 N–H and O–H groups in total. The third kappa shape index (κ3) is 4.19. The van der Waals surface area contributed by atoms with Crippen LogP contribution in [0.25, 0.3) is 10.3 Å². The molecule has 0 bridgehead atoms. The summed E-state index contributed by atoms with van der Waals surface area (Å²) in [6.45, 7) is 1.65. The third-order valence-corrected chi connectivity index (χ3v) is 7.09. The highest BCUT2D eigenvalue weighted by molar-refractivity contribution is 7.22. The van der Waals surface area contributed by atoms with Gasteiger partial charge < -0.3 is 15.0 Å². The van der Waals surface area contributed by atoms with E-state index in [-0.39, 0.29) is 29.7 Å². The van der Waals surface area contributed by atoms with Crippen LogP contribution < -0.4 is 20.5 Å². The molecule has 1 aliphatic carbocycles. The second-order valence-electron chi connectivity index (χ2n) is 8.34. The van der Waals surface area contributed by atoms with Crippen molar-refractivity contribution in [1.29, 1.82) is 0 Å². The topological polar surface area (TPSA) is 89.3 Å². The van der Waals surface area contributed by atoms with E-state index < -0.39 is 5.82 Å². The summed E-state index contributed by atoms with van der Waals surface area (Å²) < 4.78 is 20.9. The number of halogens is 1. The smallest absolute Gasteiger partial charge is 0.273 e. The van der Waals surface area contributed by atoms with Gasteiger partial charge in [-0.3, -0.25) is 14.2 Å². The Bertz CT molecular complexity index is 1210. The normalized spacial score (nSPS) is 17.0. The number of aromatic nitrogens is 3. The molecule has 5 rings (SSSR count). The molecule has 1 saturated heterocycles. The van der Waals surface area contributed by atoms with Gasteiger partial charge in [0, 0.05) is 25.0 Å². The van der Waals surface area contributed by atoms with E-state index in [9.17, 15) is 14.0 Å². The van der Waals surface area contributed by atoms with Crippen molar-refractivity contribution < 1.29 is 13.9 Å². The quantitative estimate of drug-likeness (QED) is 0.612. The number of thiazole rings is 1.